The van der Waals surface area contributed by atoms with Gasteiger partial charge in [0, 0.05) is 13.6 Å². The minimum absolute atomic E-state index is 0.0969. The van der Waals surface area contributed by atoms with Crippen LogP contribution in [0.25, 0.3) is 11.0 Å². The van der Waals surface area contributed by atoms with Crippen LogP contribution < -0.4 is 5.32 Å². The van der Waals surface area contributed by atoms with Gasteiger partial charge in [0.1, 0.15) is 12.1 Å². The van der Waals surface area contributed by atoms with Crippen LogP contribution in [-0.4, -0.2) is 37.5 Å². The fraction of sp³-hybridized carbons (Fsp3) is 0.615. The van der Waals surface area contributed by atoms with Crippen LogP contribution in [0.15, 0.2) is 12.5 Å². The highest BCUT2D eigenvalue weighted by Gasteiger charge is 2.19. The van der Waals surface area contributed by atoms with Crippen LogP contribution in [0.3, 0.4) is 0 Å². The molecule has 2 aromatic rings. The number of aryl methyl sites for hydroxylation is 1. The minimum Gasteiger partial charge on any atom is -0.393 e. The lowest BCUT2D eigenvalue weighted by atomic mass is 9.87. The normalized spacial score (nSPS) is 23.7. The Morgan fingerprint density at radius 1 is 1.32 bits per heavy atom. The van der Waals surface area contributed by atoms with Crippen molar-refractivity contribution in [3.8, 4) is 0 Å². The van der Waals surface area contributed by atoms with Gasteiger partial charge in [0.25, 0.3) is 0 Å². The molecule has 1 fully saturated rings. The highest BCUT2D eigenvalue weighted by atomic mass is 16.3. The van der Waals surface area contributed by atoms with E-state index in [1.807, 2.05) is 7.05 Å². The zero-order chi connectivity index (χ0) is 13.2. The van der Waals surface area contributed by atoms with Crippen LogP contribution in [0.1, 0.15) is 25.7 Å². The summed E-state index contributed by atoms with van der Waals surface area (Å²) in [4.78, 5) is 8.52. The highest BCUT2D eigenvalue weighted by Crippen LogP contribution is 2.25. The van der Waals surface area contributed by atoms with Gasteiger partial charge in [-0.05, 0) is 31.6 Å². The average Bonchev–Trinajstić information content (AvgIpc) is 2.81. The number of aromatic nitrogens is 4. The predicted molar refractivity (Wildman–Crippen MR) is 72.8 cm³/mol. The van der Waals surface area contributed by atoms with Crippen LogP contribution in [0, 0.1) is 5.92 Å². The van der Waals surface area contributed by atoms with Crippen LogP contribution in [-0.2, 0) is 7.05 Å². The summed E-state index contributed by atoms with van der Waals surface area (Å²) in [6, 6.07) is 0. The lowest BCUT2D eigenvalue weighted by Gasteiger charge is -2.25. The van der Waals surface area contributed by atoms with Crippen molar-refractivity contribution in [1.29, 1.82) is 0 Å². The molecule has 0 aromatic carbocycles. The summed E-state index contributed by atoms with van der Waals surface area (Å²) in [6.07, 6.45) is 7.25. The molecule has 0 radical (unpaired) electrons. The summed E-state index contributed by atoms with van der Waals surface area (Å²) in [5.41, 5.74) is 0.844. The largest absolute Gasteiger partial charge is 0.393 e. The second-order valence-electron chi connectivity index (χ2n) is 5.28. The molecular weight excluding hydrogens is 242 g/mol. The van der Waals surface area contributed by atoms with E-state index < -0.39 is 0 Å². The van der Waals surface area contributed by atoms with Gasteiger partial charge >= 0.3 is 0 Å². The molecule has 19 heavy (non-hydrogen) atoms. The maximum atomic E-state index is 9.50. The summed E-state index contributed by atoms with van der Waals surface area (Å²) in [5, 5.41) is 18.1. The van der Waals surface area contributed by atoms with Gasteiger partial charge in [0.05, 0.1) is 17.7 Å². The Morgan fingerprint density at radius 3 is 2.89 bits per heavy atom. The quantitative estimate of drug-likeness (QED) is 0.871. The lowest BCUT2D eigenvalue weighted by Crippen LogP contribution is -2.23. The van der Waals surface area contributed by atoms with Crippen molar-refractivity contribution < 1.29 is 5.11 Å². The number of rotatable bonds is 3. The van der Waals surface area contributed by atoms with Gasteiger partial charge in [-0.1, -0.05) is 0 Å². The SMILES string of the molecule is Cn1ncc2c(NCC3CCC(O)CC3)ncnc21. The standard InChI is InChI=1S/C13H19N5O/c1-18-13-11(7-17-18)12(15-8-16-13)14-6-9-2-4-10(19)5-3-9/h7-10,19H,2-6H2,1H3,(H,14,15,16). The van der Waals surface area contributed by atoms with Gasteiger partial charge < -0.3 is 10.4 Å². The molecular formula is C13H19N5O. The molecule has 1 aliphatic rings. The van der Waals surface area contributed by atoms with E-state index in [4.69, 9.17) is 0 Å². The number of anilines is 1. The number of nitrogens with zero attached hydrogens (tertiary/aromatic N) is 4. The van der Waals surface area contributed by atoms with E-state index in [1.54, 1.807) is 17.2 Å². The fourth-order valence-electron chi connectivity index (χ4n) is 2.69. The van der Waals surface area contributed by atoms with Crippen molar-refractivity contribution in [3.63, 3.8) is 0 Å². The van der Waals surface area contributed by atoms with Crippen LogP contribution in [0.4, 0.5) is 5.82 Å². The molecule has 0 saturated heterocycles. The summed E-state index contributed by atoms with van der Waals surface area (Å²) in [5.74, 6) is 1.47. The average molecular weight is 261 g/mol. The monoisotopic (exact) mass is 261 g/mol. The molecule has 0 amide bonds. The molecule has 3 rings (SSSR count). The van der Waals surface area contributed by atoms with Crippen molar-refractivity contribution in [2.75, 3.05) is 11.9 Å². The first kappa shape index (κ1) is 12.3. The number of hydrogen-bond donors (Lipinski definition) is 2. The van der Waals surface area contributed by atoms with Crippen molar-refractivity contribution in [2.45, 2.75) is 31.8 Å². The third-order valence-electron chi connectivity index (χ3n) is 3.90. The Kier molecular flexibility index (Phi) is 3.33. The van der Waals surface area contributed by atoms with Crippen molar-refractivity contribution in [3.05, 3.63) is 12.5 Å². The van der Waals surface area contributed by atoms with Crippen LogP contribution in [0.2, 0.25) is 0 Å². The Hall–Kier alpha value is -1.69. The second-order valence-corrected chi connectivity index (χ2v) is 5.28. The Labute approximate surface area is 111 Å². The van der Waals surface area contributed by atoms with Gasteiger partial charge in [0.15, 0.2) is 5.65 Å². The van der Waals surface area contributed by atoms with Gasteiger partial charge in [-0.3, -0.25) is 4.68 Å². The minimum atomic E-state index is -0.0969. The maximum Gasteiger partial charge on any atom is 0.163 e. The first-order valence-corrected chi connectivity index (χ1v) is 6.78. The molecule has 2 heterocycles. The second kappa shape index (κ2) is 5.13. The molecule has 6 heteroatoms. The topological polar surface area (TPSA) is 75.9 Å². The van der Waals surface area contributed by atoms with Gasteiger partial charge in [0.2, 0.25) is 0 Å². The van der Waals surface area contributed by atoms with E-state index in [-0.39, 0.29) is 6.10 Å². The molecule has 1 saturated carbocycles. The van der Waals surface area contributed by atoms with Crippen molar-refractivity contribution in [2.24, 2.45) is 13.0 Å². The number of aliphatic hydroxyl groups excluding tert-OH is 1. The van der Waals surface area contributed by atoms with E-state index in [1.165, 1.54) is 0 Å². The molecule has 0 unspecified atom stereocenters. The van der Waals surface area contributed by atoms with Gasteiger partial charge in [-0.2, -0.15) is 5.10 Å². The third-order valence-corrected chi connectivity index (χ3v) is 3.90. The van der Waals surface area contributed by atoms with Gasteiger partial charge in [-0.15, -0.1) is 0 Å². The van der Waals surface area contributed by atoms with Gasteiger partial charge in [-0.25, -0.2) is 9.97 Å². The molecule has 0 bridgehead atoms. The Bertz CT molecular complexity index is 559. The van der Waals surface area contributed by atoms with E-state index in [0.717, 1.165) is 49.1 Å². The molecule has 6 nitrogen and oxygen atoms in total. The predicted octanol–water partition coefficient (Wildman–Crippen LogP) is 1.33. The first-order valence-electron chi connectivity index (χ1n) is 6.78. The Balaban J connectivity index is 1.68. The number of fused-ring (bicyclic) bond motifs is 1. The van der Waals surface area contributed by atoms with E-state index in [2.05, 4.69) is 20.4 Å². The summed E-state index contributed by atoms with van der Waals surface area (Å²) < 4.78 is 1.75. The zero-order valence-corrected chi connectivity index (χ0v) is 11.1. The number of hydrogen-bond acceptors (Lipinski definition) is 5. The molecule has 0 aliphatic heterocycles. The first-order chi connectivity index (χ1) is 9.24. The maximum absolute atomic E-state index is 9.50. The van der Waals surface area contributed by atoms with Crippen LogP contribution >= 0.6 is 0 Å². The molecule has 1 aliphatic carbocycles. The van der Waals surface area contributed by atoms with E-state index >= 15 is 0 Å². The fourth-order valence-corrected chi connectivity index (χ4v) is 2.69. The molecule has 2 aromatic heterocycles. The van der Waals surface area contributed by atoms with Crippen LogP contribution in [0.5, 0.6) is 0 Å². The summed E-state index contributed by atoms with van der Waals surface area (Å²) >= 11 is 0. The Morgan fingerprint density at radius 2 is 2.11 bits per heavy atom. The third kappa shape index (κ3) is 2.53. The summed E-state index contributed by atoms with van der Waals surface area (Å²) in [6.45, 7) is 0.897. The van der Waals surface area contributed by atoms with Crippen molar-refractivity contribution >= 4 is 16.9 Å². The van der Waals surface area contributed by atoms with Crippen molar-refractivity contribution in [1.82, 2.24) is 19.7 Å². The smallest absolute Gasteiger partial charge is 0.163 e. The molecule has 0 atom stereocenters. The van der Waals surface area contributed by atoms with E-state index in [9.17, 15) is 5.11 Å². The molecule has 0 spiro atoms. The lowest BCUT2D eigenvalue weighted by molar-refractivity contribution is 0.111. The highest BCUT2D eigenvalue weighted by molar-refractivity contribution is 5.85. The van der Waals surface area contributed by atoms with E-state index in [0.29, 0.717) is 5.92 Å². The molecule has 102 valence electrons. The number of aliphatic hydroxyl groups is 1. The zero-order valence-electron chi connectivity index (χ0n) is 11.1. The molecule has 2 N–H and O–H groups in total. The number of nitrogens with one attached hydrogen (secondary N) is 1. The summed E-state index contributed by atoms with van der Waals surface area (Å²) in [7, 11) is 1.88.